The molecule has 0 aromatic heterocycles. The minimum atomic E-state index is -0.135. The SMILES string of the molecule is O=C(Nc1ccccc1)c1ccc(CNC(=O)C2CCCCC2)cc1. The number of para-hydroxylation sites is 1. The predicted octanol–water partition coefficient (Wildman–Crippen LogP) is 4.14. The van der Waals surface area contributed by atoms with Crippen molar-refractivity contribution >= 4 is 17.5 Å². The van der Waals surface area contributed by atoms with Crippen molar-refractivity contribution in [1.29, 1.82) is 0 Å². The molecule has 0 bridgehead atoms. The average molecular weight is 336 g/mol. The minimum Gasteiger partial charge on any atom is -0.352 e. The molecule has 0 radical (unpaired) electrons. The molecular weight excluding hydrogens is 312 g/mol. The summed E-state index contributed by atoms with van der Waals surface area (Å²) in [7, 11) is 0. The zero-order chi connectivity index (χ0) is 17.5. The summed E-state index contributed by atoms with van der Waals surface area (Å²) in [6.07, 6.45) is 5.57. The number of benzene rings is 2. The van der Waals surface area contributed by atoms with Gasteiger partial charge in [0.1, 0.15) is 0 Å². The molecule has 1 aliphatic carbocycles. The Labute approximate surface area is 148 Å². The molecule has 0 aliphatic heterocycles. The Hall–Kier alpha value is -2.62. The van der Waals surface area contributed by atoms with Gasteiger partial charge in [-0.3, -0.25) is 9.59 Å². The van der Waals surface area contributed by atoms with E-state index in [9.17, 15) is 9.59 Å². The van der Waals surface area contributed by atoms with Gasteiger partial charge in [-0.1, -0.05) is 49.6 Å². The number of amides is 2. The molecule has 3 rings (SSSR count). The van der Waals surface area contributed by atoms with Crippen LogP contribution in [0.2, 0.25) is 0 Å². The van der Waals surface area contributed by atoms with Gasteiger partial charge in [0.15, 0.2) is 0 Å². The number of anilines is 1. The first-order chi connectivity index (χ1) is 12.2. The third-order valence-corrected chi connectivity index (χ3v) is 4.69. The van der Waals surface area contributed by atoms with Crippen LogP contribution in [0.15, 0.2) is 54.6 Å². The van der Waals surface area contributed by atoms with E-state index in [4.69, 9.17) is 0 Å². The van der Waals surface area contributed by atoms with Crippen molar-refractivity contribution in [3.8, 4) is 0 Å². The summed E-state index contributed by atoms with van der Waals surface area (Å²) in [6.45, 7) is 0.510. The summed E-state index contributed by atoms with van der Waals surface area (Å²) >= 11 is 0. The quantitative estimate of drug-likeness (QED) is 0.862. The van der Waals surface area contributed by atoms with Crippen molar-refractivity contribution in [2.45, 2.75) is 38.6 Å². The Balaban J connectivity index is 1.51. The molecule has 0 heterocycles. The fourth-order valence-electron chi connectivity index (χ4n) is 3.20. The molecule has 2 N–H and O–H groups in total. The second kappa shape index (κ2) is 8.47. The Morgan fingerprint density at radius 2 is 1.56 bits per heavy atom. The van der Waals surface area contributed by atoms with E-state index in [0.717, 1.165) is 36.9 Å². The van der Waals surface area contributed by atoms with Crippen LogP contribution in [0.5, 0.6) is 0 Å². The summed E-state index contributed by atoms with van der Waals surface area (Å²) < 4.78 is 0. The maximum Gasteiger partial charge on any atom is 0.255 e. The maximum atomic E-state index is 12.2. The summed E-state index contributed by atoms with van der Waals surface area (Å²) in [5.74, 6) is 0.194. The van der Waals surface area contributed by atoms with E-state index in [1.165, 1.54) is 6.42 Å². The van der Waals surface area contributed by atoms with Crippen LogP contribution in [0.3, 0.4) is 0 Å². The maximum absolute atomic E-state index is 12.2. The summed E-state index contributed by atoms with van der Waals surface area (Å²) in [5.41, 5.74) is 2.38. The van der Waals surface area contributed by atoms with Crippen LogP contribution in [-0.4, -0.2) is 11.8 Å². The van der Waals surface area contributed by atoms with Gasteiger partial charge in [0.05, 0.1) is 0 Å². The van der Waals surface area contributed by atoms with Crippen molar-refractivity contribution in [1.82, 2.24) is 5.32 Å². The molecule has 0 atom stereocenters. The Kier molecular flexibility index (Phi) is 5.83. The second-order valence-corrected chi connectivity index (χ2v) is 6.57. The van der Waals surface area contributed by atoms with Gasteiger partial charge in [0.2, 0.25) is 5.91 Å². The van der Waals surface area contributed by atoms with Crippen LogP contribution >= 0.6 is 0 Å². The van der Waals surface area contributed by atoms with Crippen molar-refractivity contribution in [2.75, 3.05) is 5.32 Å². The molecule has 0 unspecified atom stereocenters. The number of hydrogen-bond acceptors (Lipinski definition) is 2. The van der Waals surface area contributed by atoms with Gasteiger partial charge >= 0.3 is 0 Å². The molecule has 2 aromatic rings. The minimum absolute atomic E-state index is 0.135. The van der Waals surface area contributed by atoms with Gasteiger partial charge in [0, 0.05) is 23.7 Å². The number of hydrogen-bond donors (Lipinski definition) is 2. The molecule has 1 aliphatic rings. The second-order valence-electron chi connectivity index (χ2n) is 6.57. The first-order valence-corrected chi connectivity index (χ1v) is 8.95. The molecule has 130 valence electrons. The highest BCUT2D eigenvalue weighted by Crippen LogP contribution is 2.23. The predicted molar refractivity (Wildman–Crippen MR) is 99.3 cm³/mol. The van der Waals surface area contributed by atoms with Crippen LogP contribution in [0, 0.1) is 5.92 Å². The zero-order valence-corrected chi connectivity index (χ0v) is 14.3. The van der Waals surface area contributed by atoms with Gasteiger partial charge in [-0.15, -0.1) is 0 Å². The third-order valence-electron chi connectivity index (χ3n) is 4.69. The van der Waals surface area contributed by atoms with Crippen LogP contribution in [0.4, 0.5) is 5.69 Å². The van der Waals surface area contributed by atoms with Gasteiger partial charge in [-0.25, -0.2) is 0 Å². The van der Waals surface area contributed by atoms with E-state index in [1.807, 2.05) is 42.5 Å². The normalized spacial score (nSPS) is 14.7. The lowest BCUT2D eigenvalue weighted by Crippen LogP contribution is -2.31. The Bertz CT molecular complexity index is 704. The topological polar surface area (TPSA) is 58.2 Å². The Morgan fingerprint density at radius 3 is 2.24 bits per heavy atom. The van der Waals surface area contributed by atoms with Crippen LogP contribution in [-0.2, 0) is 11.3 Å². The molecule has 25 heavy (non-hydrogen) atoms. The highest BCUT2D eigenvalue weighted by molar-refractivity contribution is 6.04. The lowest BCUT2D eigenvalue weighted by Gasteiger charge is -2.20. The van der Waals surface area contributed by atoms with Gasteiger partial charge in [-0.05, 0) is 42.7 Å². The third kappa shape index (κ3) is 4.92. The van der Waals surface area contributed by atoms with E-state index in [-0.39, 0.29) is 17.7 Å². The average Bonchev–Trinajstić information content (AvgIpc) is 2.68. The van der Waals surface area contributed by atoms with Crippen molar-refractivity contribution in [3.63, 3.8) is 0 Å². The molecule has 4 heteroatoms. The number of nitrogens with one attached hydrogen (secondary N) is 2. The van der Waals surface area contributed by atoms with E-state index in [0.29, 0.717) is 12.1 Å². The van der Waals surface area contributed by atoms with Gasteiger partial charge < -0.3 is 10.6 Å². The molecule has 4 nitrogen and oxygen atoms in total. The van der Waals surface area contributed by atoms with Crippen molar-refractivity contribution in [2.24, 2.45) is 5.92 Å². The number of carbonyl (C=O) groups is 2. The van der Waals surface area contributed by atoms with Crippen LogP contribution in [0.1, 0.15) is 48.0 Å². The van der Waals surface area contributed by atoms with Crippen molar-refractivity contribution in [3.05, 3.63) is 65.7 Å². The summed E-state index contributed by atoms with van der Waals surface area (Å²) in [6, 6.07) is 16.7. The molecule has 0 spiro atoms. The molecule has 0 saturated heterocycles. The lowest BCUT2D eigenvalue weighted by molar-refractivity contribution is -0.126. The fourth-order valence-corrected chi connectivity index (χ4v) is 3.20. The highest BCUT2D eigenvalue weighted by atomic mass is 16.2. The molecular formula is C21H24N2O2. The molecule has 2 aromatic carbocycles. The van der Waals surface area contributed by atoms with E-state index < -0.39 is 0 Å². The summed E-state index contributed by atoms with van der Waals surface area (Å²) in [5, 5.41) is 5.88. The van der Waals surface area contributed by atoms with Crippen LogP contribution < -0.4 is 10.6 Å². The summed E-state index contributed by atoms with van der Waals surface area (Å²) in [4.78, 5) is 24.4. The largest absolute Gasteiger partial charge is 0.352 e. The van der Waals surface area contributed by atoms with Gasteiger partial charge in [0.25, 0.3) is 5.91 Å². The van der Waals surface area contributed by atoms with Gasteiger partial charge in [-0.2, -0.15) is 0 Å². The fraction of sp³-hybridized carbons (Fsp3) is 0.333. The van der Waals surface area contributed by atoms with E-state index >= 15 is 0 Å². The monoisotopic (exact) mass is 336 g/mol. The standard InChI is InChI=1S/C21H24N2O2/c24-20(17-7-3-1-4-8-17)22-15-16-11-13-18(14-12-16)21(25)23-19-9-5-2-6-10-19/h2,5-6,9-14,17H,1,3-4,7-8,15H2,(H,22,24)(H,23,25). The first kappa shape index (κ1) is 17.2. The molecule has 2 amide bonds. The molecule has 1 fully saturated rings. The Morgan fingerprint density at radius 1 is 0.880 bits per heavy atom. The van der Waals surface area contributed by atoms with Crippen molar-refractivity contribution < 1.29 is 9.59 Å². The van der Waals surface area contributed by atoms with Crippen LogP contribution in [0.25, 0.3) is 0 Å². The molecule has 1 saturated carbocycles. The first-order valence-electron chi connectivity index (χ1n) is 8.95. The van der Waals surface area contributed by atoms with E-state index in [2.05, 4.69) is 10.6 Å². The number of rotatable bonds is 5. The zero-order valence-electron chi connectivity index (χ0n) is 14.3. The smallest absolute Gasteiger partial charge is 0.255 e. The highest BCUT2D eigenvalue weighted by Gasteiger charge is 2.20. The number of carbonyl (C=O) groups excluding carboxylic acids is 2. The lowest BCUT2D eigenvalue weighted by atomic mass is 9.88. The van der Waals surface area contributed by atoms with E-state index in [1.54, 1.807) is 12.1 Å².